The predicted octanol–water partition coefficient (Wildman–Crippen LogP) is 4.87. The van der Waals surface area contributed by atoms with Crippen molar-refractivity contribution in [3.63, 3.8) is 0 Å². The number of benzene rings is 2. The first-order chi connectivity index (χ1) is 15.2. The number of nitrogens with one attached hydrogen (secondary N) is 1. The van der Waals surface area contributed by atoms with E-state index >= 15 is 0 Å². The number of rotatable bonds is 5. The van der Waals surface area contributed by atoms with Gasteiger partial charge in [0.05, 0.1) is 18.5 Å². The highest BCUT2D eigenvalue weighted by atomic mass is 32.2. The maximum absolute atomic E-state index is 13.7. The van der Waals surface area contributed by atoms with Crippen LogP contribution in [0.5, 0.6) is 5.75 Å². The number of thioether (sulfide) groups is 1. The molecular formula is C24H20N4O2S. The van der Waals surface area contributed by atoms with Crippen molar-refractivity contribution in [2.75, 3.05) is 7.11 Å². The van der Waals surface area contributed by atoms with Gasteiger partial charge in [-0.15, -0.1) is 0 Å². The Bertz CT molecular complexity index is 1460. The van der Waals surface area contributed by atoms with Crippen LogP contribution in [0.3, 0.4) is 0 Å². The highest BCUT2D eigenvalue weighted by molar-refractivity contribution is 7.98. The number of fused-ring (bicyclic) bond motifs is 3. The molecule has 0 bridgehead atoms. The molecule has 1 N–H and O–H groups in total. The van der Waals surface area contributed by atoms with Crippen molar-refractivity contribution in [2.45, 2.75) is 17.8 Å². The van der Waals surface area contributed by atoms with Crippen LogP contribution in [0.15, 0.2) is 76.8 Å². The number of para-hydroxylation sites is 1. The van der Waals surface area contributed by atoms with Crippen LogP contribution in [-0.2, 0) is 5.75 Å². The van der Waals surface area contributed by atoms with Crippen LogP contribution < -0.4 is 10.3 Å². The number of methoxy groups -OCH3 is 1. The predicted molar refractivity (Wildman–Crippen MR) is 124 cm³/mol. The number of ether oxygens (including phenoxy) is 1. The van der Waals surface area contributed by atoms with Crippen molar-refractivity contribution in [1.29, 1.82) is 0 Å². The third-order valence-electron chi connectivity index (χ3n) is 5.14. The molecule has 31 heavy (non-hydrogen) atoms. The fourth-order valence-corrected chi connectivity index (χ4v) is 4.56. The monoisotopic (exact) mass is 428 g/mol. The quantitative estimate of drug-likeness (QED) is 0.319. The van der Waals surface area contributed by atoms with Gasteiger partial charge in [-0.25, -0.2) is 9.55 Å². The van der Waals surface area contributed by atoms with Gasteiger partial charge in [0.1, 0.15) is 16.8 Å². The second kappa shape index (κ2) is 7.92. The van der Waals surface area contributed by atoms with Gasteiger partial charge in [0.25, 0.3) is 5.56 Å². The molecule has 0 aliphatic carbocycles. The number of aryl methyl sites for hydroxylation is 1. The van der Waals surface area contributed by atoms with E-state index in [1.54, 1.807) is 17.9 Å². The lowest BCUT2D eigenvalue weighted by Gasteiger charge is -2.15. The third kappa shape index (κ3) is 3.47. The molecule has 0 saturated carbocycles. The molecule has 5 aromatic rings. The van der Waals surface area contributed by atoms with Crippen LogP contribution in [0, 0.1) is 6.92 Å². The summed E-state index contributed by atoms with van der Waals surface area (Å²) in [6, 6.07) is 19.4. The van der Waals surface area contributed by atoms with Gasteiger partial charge in [0.15, 0.2) is 5.16 Å². The molecule has 0 saturated heterocycles. The largest absolute Gasteiger partial charge is 0.495 e. The normalized spacial score (nSPS) is 11.3. The van der Waals surface area contributed by atoms with Crippen molar-refractivity contribution in [3.8, 4) is 11.4 Å². The number of hydrogen-bond donors (Lipinski definition) is 1. The molecule has 5 rings (SSSR count). The average Bonchev–Trinajstić information content (AvgIpc) is 3.17. The van der Waals surface area contributed by atoms with Gasteiger partial charge in [-0.3, -0.25) is 9.78 Å². The molecule has 0 spiro atoms. The van der Waals surface area contributed by atoms with Crippen molar-refractivity contribution >= 4 is 33.7 Å². The number of nitrogens with zero attached hydrogens (tertiary/aromatic N) is 3. The minimum absolute atomic E-state index is 0.159. The summed E-state index contributed by atoms with van der Waals surface area (Å²) in [6.07, 6.45) is 1.77. The van der Waals surface area contributed by atoms with Crippen LogP contribution in [0.25, 0.3) is 27.6 Å². The molecule has 0 amide bonds. The number of pyridine rings is 1. The summed E-state index contributed by atoms with van der Waals surface area (Å²) < 4.78 is 7.22. The summed E-state index contributed by atoms with van der Waals surface area (Å²) in [7, 11) is 1.61. The number of aromatic nitrogens is 4. The molecule has 2 aromatic carbocycles. The van der Waals surface area contributed by atoms with Gasteiger partial charge in [-0.1, -0.05) is 42.1 Å². The standard InChI is InChI=1S/C24H20N4O2S/c1-15-10-11-20(30-2)19(13-15)28-23(29)22-21(17-8-3-4-9-18(17)26-22)27-24(28)31-14-16-7-5-6-12-25-16/h3-13,26H,14H2,1-2H3. The number of H-pyrrole nitrogens is 1. The Labute approximate surface area is 182 Å². The highest BCUT2D eigenvalue weighted by Crippen LogP contribution is 2.31. The fourth-order valence-electron chi connectivity index (χ4n) is 3.65. The topological polar surface area (TPSA) is 72.8 Å². The highest BCUT2D eigenvalue weighted by Gasteiger charge is 2.19. The van der Waals surface area contributed by atoms with E-state index in [-0.39, 0.29) is 5.56 Å². The van der Waals surface area contributed by atoms with E-state index in [0.29, 0.717) is 33.4 Å². The lowest BCUT2D eigenvalue weighted by atomic mass is 10.2. The van der Waals surface area contributed by atoms with E-state index in [0.717, 1.165) is 22.2 Å². The second-order valence-corrected chi connectivity index (χ2v) is 8.16. The van der Waals surface area contributed by atoms with Gasteiger partial charge < -0.3 is 9.72 Å². The average molecular weight is 429 g/mol. The molecule has 7 heteroatoms. The molecular weight excluding hydrogens is 408 g/mol. The molecule has 6 nitrogen and oxygen atoms in total. The van der Waals surface area contributed by atoms with Crippen molar-refractivity contribution in [1.82, 2.24) is 19.5 Å². The zero-order valence-electron chi connectivity index (χ0n) is 17.1. The molecule has 0 fully saturated rings. The summed E-state index contributed by atoms with van der Waals surface area (Å²) in [6.45, 7) is 1.99. The fraction of sp³-hybridized carbons (Fsp3) is 0.125. The Morgan fingerprint density at radius 3 is 2.74 bits per heavy atom. The van der Waals surface area contributed by atoms with Gasteiger partial charge in [0.2, 0.25) is 0 Å². The van der Waals surface area contributed by atoms with Crippen LogP contribution in [-0.4, -0.2) is 26.6 Å². The van der Waals surface area contributed by atoms with Crippen molar-refractivity contribution in [2.24, 2.45) is 0 Å². The van der Waals surface area contributed by atoms with Crippen LogP contribution in [0.4, 0.5) is 0 Å². The number of hydrogen-bond acceptors (Lipinski definition) is 5. The van der Waals surface area contributed by atoms with Crippen LogP contribution in [0.1, 0.15) is 11.3 Å². The first-order valence-corrected chi connectivity index (χ1v) is 10.9. The van der Waals surface area contributed by atoms with Gasteiger partial charge in [0, 0.05) is 22.9 Å². The van der Waals surface area contributed by atoms with E-state index in [9.17, 15) is 4.79 Å². The minimum atomic E-state index is -0.159. The summed E-state index contributed by atoms with van der Waals surface area (Å²) in [4.78, 5) is 26.3. The summed E-state index contributed by atoms with van der Waals surface area (Å²) in [5, 5.41) is 1.52. The molecule has 0 radical (unpaired) electrons. The Morgan fingerprint density at radius 1 is 1.10 bits per heavy atom. The maximum atomic E-state index is 13.7. The summed E-state index contributed by atoms with van der Waals surface area (Å²) >= 11 is 1.48. The minimum Gasteiger partial charge on any atom is -0.495 e. The third-order valence-corrected chi connectivity index (χ3v) is 6.12. The second-order valence-electron chi connectivity index (χ2n) is 7.21. The zero-order valence-corrected chi connectivity index (χ0v) is 17.9. The SMILES string of the molecule is COc1ccc(C)cc1-n1c(SCc2ccccn2)nc2c([nH]c3ccccc32)c1=O. The Balaban J connectivity index is 1.77. The summed E-state index contributed by atoms with van der Waals surface area (Å²) in [5.41, 5.74) is 4.50. The Kier molecular flexibility index (Phi) is 4.95. The van der Waals surface area contributed by atoms with E-state index in [1.807, 2.05) is 67.6 Å². The van der Waals surface area contributed by atoms with Crippen molar-refractivity contribution < 1.29 is 4.74 Å². The Morgan fingerprint density at radius 2 is 1.94 bits per heavy atom. The molecule has 0 unspecified atom stereocenters. The smallest absolute Gasteiger partial charge is 0.283 e. The van der Waals surface area contributed by atoms with Gasteiger partial charge >= 0.3 is 0 Å². The number of aromatic amines is 1. The van der Waals surface area contributed by atoms with E-state index in [4.69, 9.17) is 9.72 Å². The first-order valence-electron chi connectivity index (χ1n) is 9.87. The van der Waals surface area contributed by atoms with E-state index in [1.165, 1.54) is 11.8 Å². The molecule has 3 aromatic heterocycles. The molecule has 0 aliphatic heterocycles. The lowest BCUT2D eigenvalue weighted by molar-refractivity contribution is 0.411. The molecule has 0 atom stereocenters. The van der Waals surface area contributed by atoms with Crippen molar-refractivity contribution in [3.05, 3.63) is 88.5 Å². The van der Waals surface area contributed by atoms with E-state index < -0.39 is 0 Å². The molecule has 154 valence electrons. The lowest BCUT2D eigenvalue weighted by Crippen LogP contribution is -2.22. The van der Waals surface area contributed by atoms with Gasteiger partial charge in [-0.05, 0) is 42.8 Å². The molecule has 0 aliphatic rings. The zero-order chi connectivity index (χ0) is 21.4. The van der Waals surface area contributed by atoms with Crippen LogP contribution in [0.2, 0.25) is 0 Å². The summed E-state index contributed by atoms with van der Waals surface area (Å²) in [5.74, 6) is 1.21. The first kappa shape index (κ1) is 19.4. The van der Waals surface area contributed by atoms with Gasteiger partial charge in [-0.2, -0.15) is 0 Å². The Hall–Kier alpha value is -3.58. The van der Waals surface area contributed by atoms with Crippen LogP contribution >= 0.6 is 11.8 Å². The maximum Gasteiger partial charge on any atom is 0.283 e. The molecule has 3 heterocycles. The van der Waals surface area contributed by atoms with E-state index in [2.05, 4.69) is 9.97 Å².